The summed E-state index contributed by atoms with van der Waals surface area (Å²) in [5, 5.41) is 3.57. The van der Waals surface area contributed by atoms with Crippen molar-refractivity contribution in [2.75, 3.05) is 46.3 Å². The molecule has 2 saturated heterocycles. The fraction of sp³-hybridized carbons (Fsp3) is 0.650. The summed E-state index contributed by atoms with van der Waals surface area (Å²) < 4.78 is 0. The van der Waals surface area contributed by atoms with E-state index in [9.17, 15) is 0 Å². The molecule has 2 fully saturated rings. The van der Waals surface area contributed by atoms with Crippen LogP contribution in [0.2, 0.25) is 0 Å². The summed E-state index contributed by atoms with van der Waals surface area (Å²) in [6.45, 7) is 7.09. The number of likely N-dealkylation sites (tertiary alicyclic amines) is 2. The van der Waals surface area contributed by atoms with E-state index < -0.39 is 0 Å². The first kappa shape index (κ1) is 17.3. The molecule has 0 bridgehead atoms. The molecule has 0 aliphatic carbocycles. The second-order valence-corrected chi connectivity index (χ2v) is 7.17. The zero-order valence-corrected chi connectivity index (χ0v) is 15.1. The van der Waals surface area contributed by atoms with Crippen molar-refractivity contribution in [3.05, 3.63) is 35.9 Å². The molecule has 2 heterocycles. The lowest BCUT2D eigenvalue weighted by molar-refractivity contribution is 0.333. The highest BCUT2D eigenvalue weighted by Gasteiger charge is 2.24. The van der Waals surface area contributed by atoms with E-state index in [0.717, 1.165) is 31.5 Å². The van der Waals surface area contributed by atoms with Crippen LogP contribution in [0.5, 0.6) is 0 Å². The van der Waals surface area contributed by atoms with Crippen molar-refractivity contribution in [2.45, 2.75) is 32.1 Å². The van der Waals surface area contributed by atoms with E-state index in [-0.39, 0.29) is 0 Å². The number of aliphatic imine (C=N–C) groups is 1. The molecule has 0 aromatic heterocycles. The third-order valence-electron chi connectivity index (χ3n) is 5.30. The van der Waals surface area contributed by atoms with Crippen LogP contribution in [0.25, 0.3) is 0 Å². The zero-order valence-electron chi connectivity index (χ0n) is 15.1. The van der Waals surface area contributed by atoms with Gasteiger partial charge in [-0.25, -0.2) is 0 Å². The molecule has 2 aliphatic heterocycles. The summed E-state index contributed by atoms with van der Waals surface area (Å²) in [4.78, 5) is 9.51. The number of hydrogen-bond donors (Lipinski definition) is 1. The number of hydrogen-bond acceptors (Lipinski definition) is 2. The molecule has 0 amide bonds. The van der Waals surface area contributed by atoms with Crippen molar-refractivity contribution >= 4 is 5.96 Å². The quantitative estimate of drug-likeness (QED) is 0.495. The van der Waals surface area contributed by atoms with Crippen molar-refractivity contribution in [1.29, 1.82) is 0 Å². The maximum Gasteiger partial charge on any atom is 0.193 e. The molecular formula is C20H32N4. The first-order valence-corrected chi connectivity index (χ1v) is 9.57. The fourth-order valence-corrected chi connectivity index (χ4v) is 3.98. The molecule has 1 unspecified atom stereocenters. The van der Waals surface area contributed by atoms with Gasteiger partial charge in [-0.15, -0.1) is 0 Å². The molecule has 4 heteroatoms. The highest BCUT2D eigenvalue weighted by atomic mass is 15.3. The number of benzene rings is 1. The highest BCUT2D eigenvalue weighted by Crippen LogP contribution is 2.20. The normalized spacial score (nSPS) is 22.3. The Kier molecular flexibility index (Phi) is 6.53. The molecule has 0 spiro atoms. The van der Waals surface area contributed by atoms with Crippen LogP contribution in [0.15, 0.2) is 35.3 Å². The molecule has 1 aromatic carbocycles. The SMILES string of the molecule is CN=C(NCCCN1CCCC1)N1CCC(Cc2ccccc2)C1. The van der Waals surface area contributed by atoms with E-state index in [1.807, 2.05) is 7.05 Å². The largest absolute Gasteiger partial charge is 0.356 e. The van der Waals surface area contributed by atoms with E-state index in [0.29, 0.717) is 0 Å². The standard InChI is InChI=1S/C20H32N4/c1-21-20(22-11-7-14-23-12-5-6-13-23)24-15-10-19(17-24)16-18-8-3-2-4-9-18/h2-4,8-9,19H,5-7,10-17H2,1H3,(H,21,22). The van der Waals surface area contributed by atoms with Gasteiger partial charge in [0.2, 0.25) is 0 Å². The average molecular weight is 329 g/mol. The Bertz CT molecular complexity index is 508. The van der Waals surface area contributed by atoms with Crippen molar-refractivity contribution in [3.8, 4) is 0 Å². The average Bonchev–Trinajstić information content (AvgIpc) is 3.28. The van der Waals surface area contributed by atoms with Gasteiger partial charge in [-0.1, -0.05) is 30.3 Å². The van der Waals surface area contributed by atoms with E-state index in [2.05, 4.69) is 50.4 Å². The predicted molar refractivity (Wildman–Crippen MR) is 101 cm³/mol. The van der Waals surface area contributed by atoms with Crippen LogP contribution >= 0.6 is 0 Å². The van der Waals surface area contributed by atoms with Gasteiger partial charge in [-0.05, 0) is 63.2 Å². The number of nitrogens with one attached hydrogen (secondary N) is 1. The third kappa shape index (κ3) is 4.97. The van der Waals surface area contributed by atoms with Crippen molar-refractivity contribution in [3.63, 3.8) is 0 Å². The molecule has 3 rings (SSSR count). The minimum absolute atomic E-state index is 0.746. The predicted octanol–water partition coefficient (Wildman–Crippen LogP) is 2.61. The molecule has 2 aliphatic rings. The summed E-state index contributed by atoms with van der Waals surface area (Å²) in [7, 11) is 1.91. The Morgan fingerprint density at radius 3 is 2.71 bits per heavy atom. The van der Waals surface area contributed by atoms with Crippen LogP contribution in [0.3, 0.4) is 0 Å². The number of guanidine groups is 1. The lowest BCUT2D eigenvalue weighted by Gasteiger charge is -2.22. The van der Waals surface area contributed by atoms with E-state index in [1.54, 1.807) is 0 Å². The Labute approximate surface area is 146 Å². The van der Waals surface area contributed by atoms with Gasteiger partial charge in [-0.2, -0.15) is 0 Å². The molecule has 1 atom stereocenters. The Balaban J connectivity index is 1.38. The Hall–Kier alpha value is -1.55. The topological polar surface area (TPSA) is 30.9 Å². The molecule has 1 N–H and O–H groups in total. The van der Waals surface area contributed by atoms with Gasteiger partial charge in [0, 0.05) is 26.7 Å². The van der Waals surface area contributed by atoms with Gasteiger partial charge < -0.3 is 15.1 Å². The smallest absolute Gasteiger partial charge is 0.193 e. The Morgan fingerprint density at radius 2 is 1.96 bits per heavy atom. The molecular weight excluding hydrogens is 296 g/mol. The summed E-state index contributed by atoms with van der Waals surface area (Å²) in [5.41, 5.74) is 1.46. The van der Waals surface area contributed by atoms with E-state index >= 15 is 0 Å². The maximum absolute atomic E-state index is 4.50. The monoisotopic (exact) mass is 328 g/mol. The molecule has 1 aromatic rings. The summed E-state index contributed by atoms with van der Waals surface area (Å²) in [6, 6.07) is 10.9. The first-order chi connectivity index (χ1) is 11.8. The summed E-state index contributed by atoms with van der Waals surface area (Å²) in [5.74, 6) is 1.84. The second kappa shape index (κ2) is 9.07. The summed E-state index contributed by atoms with van der Waals surface area (Å²) in [6.07, 6.45) is 6.42. The van der Waals surface area contributed by atoms with Gasteiger partial charge in [0.05, 0.1) is 0 Å². The van der Waals surface area contributed by atoms with Gasteiger partial charge in [0.25, 0.3) is 0 Å². The van der Waals surface area contributed by atoms with Crippen LogP contribution in [-0.2, 0) is 6.42 Å². The zero-order chi connectivity index (χ0) is 16.6. The first-order valence-electron chi connectivity index (χ1n) is 9.57. The van der Waals surface area contributed by atoms with Crippen LogP contribution in [0.1, 0.15) is 31.2 Å². The maximum atomic E-state index is 4.50. The Morgan fingerprint density at radius 1 is 1.17 bits per heavy atom. The van der Waals surface area contributed by atoms with Crippen LogP contribution < -0.4 is 5.32 Å². The second-order valence-electron chi connectivity index (χ2n) is 7.17. The molecule has 0 saturated carbocycles. The lowest BCUT2D eigenvalue weighted by Crippen LogP contribution is -2.41. The summed E-state index contributed by atoms with van der Waals surface area (Å²) >= 11 is 0. The van der Waals surface area contributed by atoms with Gasteiger partial charge >= 0.3 is 0 Å². The fourth-order valence-electron chi connectivity index (χ4n) is 3.98. The molecule has 132 valence electrons. The van der Waals surface area contributed by atoms with Crippen molar-refractivity contribution < 1.29 is 0 Å². The van der Waals surface area contributed by atoms with E-state index in [1.165, 1.54) is 57.3 Å². The van der Waals surface area contributed by atoms with Crippen LogP contribution in [0, 0.1) is 5.92 Å². The number of rotatable bonds is 6. The van der Waals surface area contributed by atoms with Crippen LogP contribution in [-0.4, -0.2) is 62.1 Å². The van der Waals surface area contributed by atoms with Gasteiger partial charge in [0.1, 0.15) is 0 Å². The minimum atomic E-state index is 0.746. The van der Waals surface area contributed by atoms with Gasteiger partial charge in [0.15, 0.2) is 5.96 Å². The van der Waals surface area contributed by atoms with E-state index in [4.69, 9.17) is 0 Å². The number of nitrogens with zero attached hydrogens (tertiary/aromatic N) is 3. The lowest BCUT2D eigenvalue weighted by atomic mass is 9.99. The van der Waals surface area contributed by atoms with Crippen molar-refractivity contribution in [2.24, 2.45) is 10.9 Å². The van der Waals surface area contributed by atoms with Crippen LogP contribution in [0.4, 0.5) is 0 Å². The van der Waals surface area contributed by atoms with Crippen molar-refractivity contribution in [1.82, 2.24) is 15.1 Å². The van der Waals surface area contributed by atoms with Gasteiger partial charge in [-0.3, -0.25) is 4.99 Å². The highest BCUT2D eigenvalue weighted by molar-refractivity contribution is 5.80. The molecule has 4 nitrogen and oxygen atoms in total. The molecule has 24 heavy (non-hydrogen) atoms. The third-order valence-corrected chi connectivity index (χ3v) is 5.30. The molecule has 0 radical (unpaired) electrons. The minimum Gasteiger partial charge on any atom is -0.356 e.